The summed E-state index contributed by atoms with van der Waals surface area (Å²) in [6, 6.07) is 12.8. The zero-order valence-electron chi connectivity index (χ0n) is 23.9. The lowest BCUT2D eigenvalue weighted by atomic mass is 9.84. The van der Waals surface area contributed by atoms with Crippen molar-refractivity contribution in [2.45, 2.75) is 36.9 Å². The second-order valence-corrected chi connectivity index (χ2v) is 10.2. The Morgan fingerprint density at radius 3 is 2.39 bits per heavy atom. The van der Waals surface area contributed by atoms with Crippen LogP contribution in [0.15, 0.2) is 66.7 Å². The van der Waals surface area contributed by atoms with E-state index in [2.05, 4.69) is 5.32 Å². The number of methoxy groups -OCH3 is 1. The molecule has 4 atom stereocenters. The number of amides is 3. The molecule has 3 amide bonds. The molecule has 3 aromatic rings. The van der Waals surface area contributed by atoms with Crippen LogP contribution in [-0.4, -0.2) is 63.1 Å². The van der Waals surface area contributed by atoms with Crippen LogP contribution >= 0.6 is 0 Å². The molecule has 0 saturated carbocycles. The van der Waals surface area contributed by atoms with Gasteiger partial charge in [0.25, 0.3) is 5.91 Å². The molecule has 5 N–H and O–H groups in total. The van der Waals surface area contributed by atoms with Crippen molar-refractivity contribution in [1.29, 1.82) is 0 Å². The number of morpholine rings is 1. The van der Waals surface area contributed by atoms with Gasteiger partial charge in [0.2, 0.25) is 0 Å². The number of hydrogen-bond donors (Lipinski definition) is 3. The lowest BCUT2D eigenvalue weighted by Crippen LogP contribution is -2.50. The summed E-state index contributed by atoms with van der Waals surface area (Å²) in [5, 5.41) is 3.17. The van der Waals surface area contributed by atoms with Crippen molar-refractivity contribution in [3.63, 3.8) is 0 Å². The Morgan fingerprint density at radius 2 is 1.75 bits per heavy atom. The van der Waals surface area contributed by atoms with Crippen molar-refractivity contribution in [3.05, 3.63) is 101 Å². The Hall–Kier alpha value is -4.46. The van der Waals surface area contributed by atoms with Crippen LogP contribution in [0.1, 0.15) is 29.0 Å². The summed E-state index contributed by atoms with van der Waals surface area (Å²) in [4.78, 5) is 38.6. The van der Waals surface area contributed by atoms with Crippen LogP contribution in [0.5, 0.6) is 0 Å². The average molecular weight is 615 g/mol. The van der Waals surface area contributed by atoms with Gasteiger partial charge in [-0.3, -0.25) is 4.79 Å². The highest BCUT2D eigenvalue weighted by molar-refractivity contribution is 6.15. The van der Waals surface area contributed by atoms with E-state index < -0.39 is 47.5 Å². The Morgan fingerprint density at radius 1 is 1.02 bits per heavy atom. The molecule has 0 spiro atoms. The SMILES string of the molecule is COC(=O)N(C(=O)[C@@H](N)[C@@H](c1ccc(F)cc1)c1cccc(F)c1)c1cccc(F)c1CC[C@@H]1CN[C@H](COC(N)=O)CO1. The smallest absolute Gasteiger partial charge is 0.420 e. The molecule has 44 heavy (non-hydrogen) atoms. The number of imide groups is 1. The van der Waals surface area contributed by atoms with E-state index in [0.29, 0.717) is 29.0 Å². The summed E-state index contributed by atoms with van der Waals surface area (Å²) < 4.78 is 58.8. The van der Waals surface area contributed by atoms with Crippen LogP contribution in [0.4, 0.5) is 28.4 Å². The van der Waals surface area contributed by atoms with Gasteiger partial charge < -0.3 is 31.0 Å². The van der Waals surface area contributed by atoms with Gasteiger partial charge in [-0.15, -0.1) is 0 Å². The van der Waals surface area contributed by atoms with Gasteiger partial charge in [0, 0.05) is 18.0 Å². The topological polar surface area (TPSA) is 146 Å². The molecule has 0 bridgehead atoms. The van der Waals surface area contributed by atoms with Crippen molar-refractivity contribution in [2.75, 3.05) is 31.8 Å². The number of benzene rings is 3. The molecule has 1 fully saturated rings. The van der Waals surface area contributed by atoms with Gasteiger partial charge in [-0.25, -0.2) is 27.7 Å². The second-order valence-electron chi connectivity index (χ2n) is 10.2. The molecule has 10 nitrogen and oxygen atoms in total. The number of primary amides is 1. The summed E-state index contributed by atoms with van der Waals surface area (Å²) in [6.45, 7) is 0.618. The first-order chi connectivity index (χ1) is 21.1. The third-order valence-corrected chi connectivity index (χ3v) is 7.30. The predicted molar refractivity (Wildman–Crippen MR) is 154 cm³/mol. The number of carbonyl (C=O) groups excluding carboxylic acids is 3. The molecule has 0 radical (unpaired) electrons. The van der Waals surface area contributed by atoms with E-state index >= 15 is 4.39 Å². The number of anilines is 1. The van der Waals surface area contributed by atoms with Crippen LogP contribution in [0.25, 0.3) is 0 Å². The number of nitrogens with one attached hydrogen (secondary N) is 1. The Kier molecular flexibility index (Phi) is 10.9. The van der Waals surface area contributed by atoms with E-state index in [9.17, 15) is 23.2 Å². The average Bonchev–Trinajstić information content (AvgIpc) is 3.01. The van der Waals surface area contributed by atoms with Gasteiger partial charge in [-0.1, -0.05) is 30.3 Å². The van der Waals surface area contributed by atoms with Gasteiger partial charge in [0.05, 0.1) is 37.6 Å². The van der Waals surface area contributed by atoms with Gasteiger partial charge in [-0.05, 0) is 60.4 Å². The van der Waals surface area contributed by atoms with E-state index in [1.54, 1.807) is 6.07 Å². The first-order valence-electron chi connectivity index (χ1n) is 13.8. The van der Waals surface area contributed by atoms with Crippen LogP contribution in [-0.2, 0) is 25.4 Å². The van der Waals surface area contributed by atoms with Crippen LogP contribution in [0.3, 0.4) is 0 Å². The predicted octanol–water partition coefficient (Wildman–Crippen LogP) is 3.75. The van der Waals surface area contributed by atoms with E-state index in [-0.39, 0.29) is 43.0 Å². The normalized spacial score (nSPS) is 17.8. The largest absolute Gasteiger partial charge is 0.452 e. The molecule has 0 unspecified atom stereocenters. The van der Waals surface area contributed by atoms with Crippen molar-refractivity contribution >= 4 is 23.8 Å². The second kappa shape index (κ2) is 14.8. The molecular weight excluding hydrogens is 581 g/mol. The summed E-state index contributed by atoms with van der Waals surface area (Å²) in [5.41, 5.74) is 12.2. The van der Waals surface area contributed by atoms with Crippen LogP contribution in [0, 0.1) is 17.5 Å². The standard InChI is InChI=1S/C31H33F3N4O6/c1-42-31(41)38(29(39)28(35)27(18-8-10-20(32)11-9-18)19-4-2-5-21(33)14-19)26-7-3-6-25(34)24(26)13-12-23-15-37-22(16-43-23)17-44-30(36)40/h2-11,14,22-23,27-28,37H,12-13,15-17,35H2,1H3,(H2,36,40)/t22-,23+,27-,28-/m0/s1. The minimum Gasteiger partial charge on any atom is -0.452 e. The van der Waals surface area contributed by atoms with Gasteiger partial charge in [-0.2, -0.15) is 0 Å². The Bertz CT molecular complexity index is 1470. The summed E-state index contributed by atoms with van der Waals surface area (Å²) in [6.07, 6.45) is -1.99. The number of nitrogens with zero attached hydrogens (tertiary/aromatic N) is 1. The molecule has 13 heteroatoms. The fourth-order valence-electron chi connectivity index (χ4n) is 5.12. The molecule has 1 aliphatic rings. The number of nitrogens with two attached hydrogens (primary N) is 2. The van der Waals surface area contributed by atoms with Gasteiger partial charge in [0.1, 0.15) is 24.1 Å². The molecule has 0 aromatic heterocycles. The van der Waals surface area contributed by atoms with E-state index in [1.807, 2.05) is 0 Å². The minimum absolute atomic E-state index is 0.0323. The monoisotopic (exact) mass is 614 g/mol. The fourth-order valence-corrected chi connectivity index (χ4v) is 5.12. The lowest BCUT2D eigenvalue weighted by Gasteiger charge is -2.31. The maximum atomic E-state index is 15.3. The van der Waals surface area contributed by atoms with Crippen LogP contribution in [0.2, 0.25) is 0 Å². The third-order valence-electron chi connectivity index (χ3n) is 7.30. The number of ether oxygens (including phenoxy) is 3. The summed E-state index contributed by atoms with van der Waals surface area (Å²) in [5.74, 6) is -3.74. The lowest BCUT2D eigenvalue weighted by molar-refractivity contribution is -0.119. The quantitative estimate of drug-likeness (QED) is 0.313. The van der Waals surface area contributed by atoms with Crippen molar-refractivity contribution in [3.8, 4) is 0 Å². The zero-order chi connectivity index (χ0) is 31.8. The molecule has 1 heterocycles. The molecule has 234 valence electrons. The van der Waals surface area contributed by atoms with E-state index in [1.165, 1.54) is 60.7 Å². The molecule has 4 rings (SSSR count). The molecule has 1 saturated heterocycles. The van der Waals surface area contributed by atoms with Gasteiger partial charge >= 0.3 is 12.2 Å². The summed E-state index contributed by atoms with van der Waals surface area (Å²) >= 11 is 0. The maximum Gasteiger partial charge on any atom is 0.420 e. The van der Waals surface area contributed by atoms with E-state index in [0.717, 1.165) is 7.11 Å². The Balaban J connectivity index is 1.61. The van der Waals surface area contributed by atoms with Crippen molar-refractivity contribution < 1.29 is 41.8 Å². The highest BCUT2D eigenvalue weighted by Gasteiger charge is 2.37. The zero-order valence-corrected chi connectivity index (χ0v) is 23.9. The highest BCUT2D eigenvalue weighted by atomic mass is 19.1. The summed E-state index contributed by atoms with van der Waals surface area (Å²) in [7, 11) is 1.07. The molecular formula is C31H33F3N4O6. The number of rotatable bonds is 10. The third kappa shape index (κ3) is 7.92. The number of hydrogen-bond acceptors (Lipinski definition) is 8. The number of halogens is 3. The van der Waals surface area contributed by atoms with Crippen molar-refractivity contribution in [1.82, 2.24) is 5.32 Å². The molecule has 3 aromatic carbocycles. The van der Waals surface area contributed by atoms with Crippen molar-refractivity contribution in [2.24, 2.45) is 11.5 Å². The highest BCUT2D eigenvalue weighted by Crippen LogP contribution is 2.32. The first kappa shape index (κ1) is 32.5. The van der Waals surface area contributed by atoms with Crippen LogP contribution < -0.4 is 21.7 Å². The van der Waals surface area contributed by atoms with E-state index in [4.69, 9.17) is 25.7 Å². The minimum atomic E-state index is -1.50. The molecule has 0 aliphatic carbocycles. The Labute approximate surface area is 252 Å². The maximum absolute atomic E-state index is 15.3. The fraction of sp³-hybridized carbons (Fsp3) is 0.323. The first-order valence-corrected chi connectivity index (χ1v) is 13.8. The number of carbonyl (C=O) groups is 3. The molecule has 1 aliphatic heterocycles. The van der Waals surface area contributed by atoms with Gasteiger partial charge in [0.15, 0.2) is 0 Å².